The predicted octanol–water partition coefficient (Wildman–Crippen LogP) is 3.66. The van der Waals surface area contributed by atoms with E-state index in [1.807, 2.05) is 48.5 Å². The molecule has 0 radical (unpaired) electrons. The fourth-order valence-corrected chi connectivity index (χ4v) is 2.57. The molecule has 0 bridgehead atoms. The van der Waals surface area contributed by atoms with Crippen molar-refractivity contribution < 1.29 is 5.11 Å². The topological polar surface area (TPSA) is 53.1 Å². The van der Waals surface area contributed by atoms with Crippen molar-refractivity contribution in [2.24, 2.45) is 0 Å². The van der Waals surface area contributed by atoms with Crippen molar-refractivity contribution in [3.63, 3.8) is 0 Å². The highest BCUT2D eigenvalue weighted by Crippen LogP contribution is 2.33. The number of hydrogen-bond acceptors (Lipinski definition) is 2. The molecule has 3 nitrogen and oxygen atoms in total. The van der Waals surface area contributed by atoms with Gasteiger partial charge < -0.3 is 10.1 Å². The molecule has 0 aliphatic carbocycles. The van der Waals surface area contributed by atoms with Gasteiger partial charge in [-0.15, -0.1) is 0 Å². The van der Waals surface area contributed by atoms with E-state index in [-0.39, 0.29) is 5.75 Å². The van der Waals surface area contributed by atoms with Crippen LogP contribution in [0.5, 0.6) is 5.75 Å². The molecule has 1 heterocycles. The van der Waals surface area contributed by atoms with Crippen molar-refractivity contribution in [2.45, 2.75) is 0 Å². The highest BCUT2D eigenvalue weighted by molar-refractivity contribution is 9.10. The second-order valence-corrected chi connectivity index (χ2v) is 5.15. The molecule has 2 aromatic carbocycles. The van der Waals surface area contributed by atoms with E-state index >= 15 is 0 Å². The molecule has 94 valence electrons. The standard InChI is InChI=1S/C15H10BrNO2/c16-10-5-3-4-9(8-10)13-11-6-1-2-7-12(11)17-15(19)14(13)18/h1-8,18H,(H,17,19). The second kappa shape index (κ2) is 4.55. The van der Waals surface area contributed by atoms with Gasteiger partial charge >= 0.3 is 0 Å². The van der Waals surface area contributed by atoms with Crippen LogP contribution in [-0.2, 0) is 0 Å². The lowest BCUT2D eigenvalue weighted by atomic mass is 10.0. The summed E-state index contributed by atoms with van der Waals surface area (Å²) >= 11 is 3.40. The minimum absolute atomic E-state index is 0.253. The zero-order chi connectivity index (χ0) is 13.4. The van der Waals surface area contributed by atoms with Crippen LogP contribution in [0.25, 0.3) is 22.0 Å². The summed E-state index contributed by atoms with van der Waals surface area (Å²) in [5.74, 6) is -0.253. The normalized spacial score (nSPS) is 10.8. The minimum atomic E-state index is -0.478. The van der Waals surface area contributed by atoms with Gasteiger partial charge in [0.05, 0.1) is 0 Å². The number of pyridine rings is 1. The highest BCUT2D eigenvalue weighted by Gasteiger charge is 2.13. The molecule has 0 aliphatic heterocycles. The van der Waals surface area contributed by atoms with E-state index in [2.05, 4.69) is 20.9 Å². The fraction of sp³-hybridized carbons (Fsp3) is 0. The van der Waals surface area contributed by atoms with Gasteiger partial charge in [0.25, 0.3) is 5.56 Å². The van der Waals surface area contributed by atoms with Crippen LogP contribution in [0, 0.1) is 0 Å². The second-order valence-electron chi connectivity index (χ2n) is 4.23. The molecule has 0 saturated heterocycles. The van der Waals surface area contributed by atoms with Gasteiger partial charge in [-0.2, -0.15) is 0 Å². The number of hydrogen-bond donors (Lipinski definition) is 2. The maximum atomic E-state index is 11.8. The van der Waals surface area contributed by atoms with Crippen LogP contribution < -0.4 is 5.56 Å². The van der Waals surface area contributed by atoms with Gasteiger partial charge in [0, 0.05) is 20.9 Å². The monoisotopic (exact) mass is 315 g/mol. The quantitative estimate of drug-likeness (QED) is 0.720. The van der Waals surface area contributed by atoms with E-state index in [0.717, 1.165) is 15.4 Å². The number of nitrogens with one attached hydrogen (secondary N) is 1. The van der Waals surface area contributed by atoms with Crippen molar-refractivity contribution in [3.8, 4) is 16.9 Å². The lowest BCUT2D eigenvalue weighted by Crippen LogP contribution is -2.06. The summed E-state index contributed by atoms with van der Waals surface area (Å²) in [6.45, 7) is 0. The number of aromatic amines is 1. The Balaban J connectivity index is 2.45. The maximum Gasteiger partial charge on any atom is 0.291 e. The first-order valence-electron chi connectivity index (χ1n) is 5.77. The van der Waals surface area contributed by atoms with Gasteiger partial charge in [0.15, 0.2) is 5.75 Å². The van der Waals surface area contributed by atoms with E-state index in [1.165, 1.54) is 0 Å². The summed E-state index contributed by atoms with van der Waals surface area (Å²) in [7, 11) is 0. The first-order valence-corrected chi connectivity index (χ1v) is 6.56. The molecule has 4 heteroatoms. The van der Waals surface area contributed by atoms with E-state index in [9.17, 15) is 9.90 Å². The largest absolute Gasteiger partial charge is 0.503 e. The molecule has 1 aromatic heterocycles. The Bertz CT molecular complexity index is 824. The lowest BCUT2D eigenvalue weighted by Gasteiger charge is -2.09. The van der Waals surface area contributed by atoms with E-state index in [1.54, 1.807) is 0 Å². The molecule has 0 aliphatic rings. The van der Waals surface area contributed by atoms with E-state index in [4.69, 9.17) is 0 Å². The van der Waals surface area contributed by atoms with Gasteiger partial charge in [-0.25, -0.2) is 0 Å². The number of fused-ring (bicyclic) bond motifs is 1. The Labute approximate surface area is 117 Å². The Morgan fingerprint density at radius 3 is 2.63 bits per heavy atom. The number of para-hydroxylation sites is 1. The Morgan fingerprint density at radius 1 is 1.05 bits per heavy atom. The van der Waals surface area contributed by atoms with Crippen LogP contribution in [-0.4, -0.2) is 10.1 Å². The first kappa shape index (κ1) is 12.0. The molecule has 0 amide bonds. The summed E-state index contributed by atoms with van der Waals surface area (Å²) in [6, 6.07) is 14.9. The van der Waals surface area contributed by atoms with Crippen LogP contribution in [0.3, 0.4) is 0 Å². The first-order chi connectivity index (χ1) is 9.16. The van der Waals surface area contributed by atoms with Gasteiger partial charge in [-0.1, -0.05) is 46.3 Å². The Morgan fingerprint density at radius 2 is 1.84 bits per heavy atom. The third-order valence-electron chi connectivity index (χ3n) is 3.01. The molecule has 0 spiro atoms. The smallest absolute Gasteiger partial charge is 0.291 e. The molecule has 3 aromatic rings. The molecule has 2 N–H and O–H groups in total. The number of benzene rings is 2. The third-order valence-corrected chi connectivity index (χ3v) is 3.50. The molecular weight excluding hydrogens is 306 g/mol. The van der Waals surface area contributed by atoms with Crippen molar-refractivity contribution in [2.75, 3.05) is 0 Å². The molecule has 3 rings (SSSR count). The van der Waals surface area contributed by atoms with Gasteiger partial charge in [0.1, 0.15) is 0 Å². The van der Waals surface area contributed by atoms with Crippen LogP contribution in [0.4, 0.5) is 0 Å². The zero-order valence-electron chi connectivity index (χ0n) is 9.85. The lowest BCUT2D eigenvalue weighted by molar-refractivity contribution is 0.470. The van der Waals surface area contributed by atoms with Crippen molar-refractivity contribution in [1.29, 1.82) is 0 Å². The fourth-order valence-electron chi connectivity index (χ4n) is 2.17. The molecular formula is C15H10BrNO2. The van der Waals surface area contributed by atoms with Crippen LogP contribution >= 0.6 is 15.9 Å². The number of halogens is 1. The molecule has 0 unspecified atom stereocenters. The zero-order valence-corrected chi connectivity index (χ0v) is 11.4. The Kier molecular flexibility index (Phi) is 2.87. The van der Waals surface area contributed by atoms with Gasteiger partial charge in [-0.05, 0) is 23.8 Å². The number of rotatable bonds is 1. The summed E-state index contributed by atoms with van der Waals surface area (Å²) in [6.07, 6.45) is 0. The van der Waals surface area contributed by atoms with Crippen LogP contribution in [0.15, 0.2) is 57.8 Å². The van der Waals surface area contributed by atoms with E-state index < -0.39 is 5.56 Å². The average molecular weight is 316 g/mol. The average Bonchev–Trinajstić information content (AvgIpc) is 2.40. The van der Waals surface area contributed by atoms with Crippen LogP contribution in [0.2, 0.25) is 0 Å². The number of aromatic nitrogens is 1. The van der Waals surface area contributed by atoms with E-state index in [0.29, 0.717) is 11.1 Å². The number of aromatic hydroxyl groups is 1. The van der Waals surface area contributed by atoms with Crippen molar-refractivity contribution in [3.05, 3.63) is 63.4 Å². The van der Waals surface area contributed by atoms with Crippen molar-refractivity contribution >= 4 is 26.8 Å². The van der Waals surface area contributed by atoms with Crippen molar-refractivity contribution in [1.82, 2.24) is 4.98 Å². The molecule has 0 fully saturated rings. The predicted molar refractivity (Wildman–Crippen MR) is 79.4 cm³/mol. The van der Waals surface area contributed by atoms with Gasteiger partial charge in [-0.3, -0.25) is 4.79 Å². The molecule has 19 heavy (non-hydrogen) atoms. The number of H-pyrrole nitrogens is 1. The summed E-state index contributed by atoms with van der Waals surface area (Å²) in [5, 5.41) is 10.9. The third kappa shape index (κ3) is 2.04. The van der Waals surface area contributed by atoms with Gasteiger partial charge in [0.2, 0.25) is 0 Å². The van der Waals surface area contributed by atoms with Crippen LogP contribution in [0.1, 0.15) is 0 Å². The minimum Gasteiger partial charge on any atom is -0.503 e. The summed E-state index contributed by atoms with van der Waals surface area (Å²) in [4.78, 5) is 14.5. The Hall–Kier alpha value is -2.07. The molecule has 0 saturated carbocycles. The summed E-state index contributed by atoms with van der Waals surface area (Å²) < 4.78 is 0.897. The maximum absolute atomic E-state index is 11.8. The SMILES string of the molecule is O=c1[nH]c2ccccc2c(-c2cccc(Br)c2)c1O. The summed E-state index contributed by atoms with van der Waals surface area (Å²) in [5.41, 5.74) is 1.59. The highest BCUT2D eigenvalue weighted by atomic mass is 79.9. The molecule has 0 atom stereocenters.